The van der Waals surface area contributed by atoms with Crippen molar-refractivity contribution in [3.8, 4) is 0 Å². The highest BCUT2D eigenvalue weighted by molar-refractivity contribution is 7.98. The third kappa shape index (κ3) is 5.53. The van der Waals surface area contributed by atoms with Crippen LogP contribution in [0.4, 0.5) is 4.39 Å². The molecule has 0 saturated carbocycles. The lowest BCUT2D eigenvalue weighted by molar-refractivity contribution is 0.0948. The first kappa shape index (κ1) is 19.8. The number of amides is 1. The highest BCUT2D eigenvalue weighted by Gasteiger charge is 2.09. The average Bonchev–Trinajstić information content (AvgIpc) is 2.71. The van der Waals surface area contributed by atoms with E-state index in [0.717, 1.165) is 5.56 Å². The van der Waals surface area contributed by atoms with Crippen molar-refractivity contribution in [2.75, 3.05) is 12.3 Å². The van der Waals surface area contributed by atoms with E-state index in [2.05, 4.69) is 10.4 Å². The van der Waals surface area contributed by atoms with Gasteiger partial charge in [0.25, 0.3) is 11.5 Å². The third-order valence-electron chi connectivity index (χ3n) is 4.02. The van der Waals surface area contributed by atoms with Gasteiger partial charge < -0.3 is 5.32 Å². The molecule has 3 aromatic rings. The molecule has 0 bridgehead atoms. The Bertz CT molecular complexity index is 992. The average molecular weight is 397 g/mol. The molecular formula is C21H20FN3O2S. The molecule has 0 radical (unpaired) electrons. The molecule has 3 rings (SSSR count). The van der Waals surface area contributed by atoms with E-state index in [4.69, 9.17) is 0 Å². The molecule has 0 aliphatic carbocycles. The van der Waals surface area contributed by atoms with Crippen molar-refractivity contribution >= 4 is 17.7 Å². The van der Waals surface area contributed by atoms with Gasteiger partial charge in [-0.15, -0.1) is 0 Å². The Kier molecular flexibility index (Phi) is 6.97. The summed E-state index contributed by atoms with van der Waals surface area (Å²) < 4.78 is 14.8. The van der Waals surface area contributed by atoms with Gasteiger partial charge in [-0.05, 0) is 23.3 Å². The highest BCUT2D eigenvalue weighted by Crippen LogP contribution is 2.14. The molecule has 0 atom stereocenters. The van der Waals surface area contributed by atoms with Gasteiger partial charge >= 0.3 is 0 Å². The van der Waals surface area contributed by atoms with Crippen molar-refractivity contribution in [1.29, 1.82) is 0 Å². The molecule has 7 heteroatoms. The molecule has 1 N–H and O–H groups in total. The monoisotopic (exact) mass is 397 g/mol. The number of aromatic nitrogens is 2. The Labute approximate surface area is 166 Å². The van der Waals surface area contributed by atoms with Gasteiger partial charge in [0.05, 0.1) is 6.54 Å². The van der Waals surface area contributed by atoms with Crippen molar-refractivity contribution in [3.63, 3.8) is 0 Å². The van der Waals surface area contributed by atoms with E-state index in [-0.39, 0.29) is 23.0 Å². The van der Waals surface area contributed by atoms with Gasteiger partial charge in [0.15, 0.2) is 0 Å². The largest absolute Gasteiger partial charge is 0.350 e. The molecule has 144 valence electrons. The summed E-state index contributed by atoms with van der Waals surface area (Å²) in [7, 11) is 0. The van der Waals surface area contributed by atoms with Crippen LogP contribution in [0.1, 0.15) is 21.6 Å². The van der Waals surface area contributed by atoms with Gasteiger partial charge in [-0.2, -0.15) is 16.9 Å². The van der Waals surface area contributed by atoms with E-state index in [1.54, 1.807) is 18.2 Å². The van der Waals surface area contributed by atoms with Crippen LogP contribution in [0.5, 0.6) is 0 Å². The number of hydrogen-bond acceptors (Lipinski definition) is 4. The van der Waals surface area contributed by atoms with Crippen molar-refractivity contribution in [2.45, 2.75) is 12.3 Å². The fraction of sp³-hybridized carbons (Fsp3) is 0.190. The van der Waals surface area contributed by atoms with Gasteiger partial charge in [0, 0.05) is 24.1 Å². The molecule has 1 amide bonds. The van der Waals surface area contributed by atoms with Crippen LogP contribution < -0.4 is 10.9 Å². The second kappa shape index (κ2) is 9.85. The molecule has 1 aromatic heterocycles. The van der Waals surface area contributed by atoms with Crippen molar-refractivity contribution < 1.29 is 9.18 Å². The van der Waals surface area contributed by atoms with Gasteiger partial charge in [-0.1, -0.05) is 48.5 Å². The van der Waals surface area contributed by atoms with E-state index < -0.39 is 0 Å². The molecular weight excluding hydrogens is 377 g/mol. The molecule has 0 aliphatic rings. The summed E-state index contributed by atoms with van der Waals surface area (Å²) in [4.78, 5) is 24.3. The van der Waals surface area contributed by atoms with Crippen molar-refractivity contribution in [3.05, 3.63) is 99.7 Å². The van der Waals surface area contributed by atoms with Crippen LogP contribution in [0.25, 0.3) is 0 Å². The molecule has 2 aromatic carbocycles. The van der Waals surface area contributed by atoms with E-state index in [0.29, 0.717) is 30.2 Å². The van der Waals surface area contributed by atoms with E-state index in [1.165, 1.54) is 34.6 Å². The Hall–Kier alpha value is -2.93. The molecule has 0 spiro atoms. The zero-order valence-corrected chi connectivity index (χ0v) is 16.0. The van der Waals surface area contributed by atoms with E-state index >= 15 is 0 Å². The van der Waals surface area contributed by atoms with Crippen LogP contribution >= 0.6 is 11.8 Å². The Morgan fingerprint density at radius 2 is 1.79 bits per heavy atom. The summed E-state index contributed by atoms with van der Waals surface area (Å²) in [5, 5.41) is 6.94. The number of halogens is 1. The first-order valence-electron chi connectivity index (χ1n) is 8.85. The molecule has 5 nitrogen and oxygen atoms in total. The van der Waals surface area contributed by atoms with Crippen molar-refractivity contribution in [2.24, 2.45) is 0 Å². The number of rotatable bonds is 8. The smallest absolute Gasteiger partial charge is 0.271 e. The zero-order chi connectivity index (χ0) is 19.8. The lowest BCUT2D eigenvalue weighted by Gasteiger charge is -2.08. The molecule has 0 saturated heterocycles. The maximum absolute atomic E-state index is 13.6. The minimum atomic E-state index is -0.340. The summed E-state index contributed by atoms with van der Waals surface area (Å²) in [5.41, 5.74) is 1.50. The summed E-state index contributed by atoms with van der Waals surface area (Å²) in [6, 6.07) is 18.9. The second-order valence-electron chi connectivity index (χ2n) is 6.10. The Morgan fingerprint density at radius 1 is 1.04 bits per heavy atom. The zero-order valence-electron chi connectivity index (χ0n) is 15.2. The van der Waals surface area contributed by atoms with Crippen molar-refractivity contribution in [1.82, 2.24) is 15.1 Å². The number of thioether (sulfide) groups is 1. The number of benzene rings is 2. The fourth-order valence-corrected chi connectivity index (χ4v) is 3.41. The highest BCUT2D eigenvalue weighted by atomic mass is 32.2. The second-order valence-corrected chi connectivity index (χ2v) is 7.21. The van der Waals surface area contributed by atoms with Crippen LogP contribution in [0, 0.1) is 5.82 Å². The Balaban J connectivity index is 1.51. The van der Waals surface area contributed by atoms with Gasteiger partial charge in [-0.25, -0.2) is 9.07 Å². The molecule has 1 heterocycles. The Morgan fingerprint density at radius 3 is 2.57 bits per heavy atom. The first-order chi connectivity index (χ1) is 13.6. The quantitative estimate of drug-likeness (QED) is 0.594. The number of nitrogens with one attached hydrogen (secondary N) is 1. The lowest BCUT2D eigenvalue weighted by atomic mass is 10.2. The summed E-state index contributed by atoms with van der Waals surface area (Å²) in [6.07, 6.45) is 0. The topological polar surface area (TPSA) is 64.0 Å². The summed E-state index contributed by atoms with van der Waals surface area (Å²) >= 11 is 1.53. The minimum Gasteiger partial charge on any atom is -0.350 e. The van der Waals surface area contributed by atoms with Gasteiger partial charge in [0.2, 0.25) is 0 Å². The minimum absolute atomic E-state index is 0.189. The van der Waals surface area contributed by atoms with Crippen LogP contribution in [-0.4, -0.2) is 28.0 Å². The maximum atomic E-state index is 13.6. The van der Waals surface area contributed by atoms with Crippen LogP contribution in [0.15, 0.2) is 71.5 Å². The van der Waals surface area contributed by atoms with Crippen LogP contribution in [0.2, 0.25) is 0 Å². The standard InChI is InChI=1S/C21H20FN3O2S/c22-18-9-5-4-8-17(18)15-28-13-12-23-21(27)19-10-11-20(26)25(24-19)14-16-6-2-1-3-7-16/h1-11H,12-15H2,(H,23,27). The summed E-state index contributed by atoms with van der Waals surface area (Å²) in [5.74, 6) is 0.629. The normalized spacial score (nSPS) is 10.6. The first-order valence-corrected chi connectivity index (χ1v) is 10.0. The number of nitrogens with zero attached hydrogens (tertiary/aromatic N) is 2. The van der Waals surface area contributed by atoms with Gasteiger partial charge in [0.1, 0.15) is 11.5 Å². The third-order valence-corrected chi connectivity index (χ3v) is 5.03. The SMILES string of the molecule is O=C(NCCSCc1ccccc1F)c1ccc(=O)n(Cc2ccccc2)n1. The number of carbonyl (C=O) groups excluding carboxylic acids is 1. The maximum Gasteiger partial charge on any atom is 0.271 e. The predicted octanol–water partition coefficient (Wildman–Crippen LogP) is 3.09. The number of carbonyl (C=O) groups is 1. The predicted molar refractivity (Wildman–Crippen MR) is 109 cm³/mol. The van der Waals surface area contributed by atoms with E-state index in [1.807, 2.05) is 30.3 Å². The lowest BCUT2D eigenvalue weighted by Crippen LogP contribution is -2.31. The van der Waals surface area contributed by atoms with Crippen LogP contribution in [-0.2, 0) is 12.3 Å². The molecule has 0 unspecified atom stereocenters. The summed E-state index contributed by atoms with van der Waals surface area (Å²) in [6.45, 7) is 0.733. The molecule has 28 heavy (non-hydrogen) atoms. The molecule has 0 aliphatic heterocycles. The number of hydrogen-bond donors (Lipinski definition) is 1. The van der Waals surface area contributed by atoms with Gasteiger partial charge in [-0.3, -0.25) is 9.59 Å². The molecule has 0 fully saturated rings. The fourth-order valence-electron chi connectivity index (χ4n) is 2.56. The van der Waals surface area contributed by atoms with Crippen LogP contribution in [0.3, 0.4) is 0 Å². The van der Waals surface area contributed by atoms with E-state index in [9.17, 15) is 14.0 Å².